The lowest BCUT2D eigenvalue weighted by atomic mass is 10.2. The van der Waals surface area contributed by atoms with Crippen LogP contribution in [0.2, 0.25) is 0 Å². The molecule has 22 heavy (non-hydrogen) atoms. The average molecular weight is 294 g/mol. The Morgan fingerprint density at radius 3 is 2.32 bits per heavy atom. The standard InChI is InChI=1S/C18H18N2O2/c1-14(21)17-12-18(22-13-15-8-4-2-5-9-15)19-20(17)16-10-6-3-7-11-16/h2-12,14,21H,13H2,1H3. The molecule has 0 saturated heterocycles. The zero-order valence-corrected chi connectivity index (χ0v) is 12.4. The maximum atomic E-state index is 9.95. The van der Waals surface area contributed by atoms with Gasteiger partial charge in [-0.05, 0) is 24.6 Å². The van der Waals surface area contributed by atoms with Crippen LogP contribution in [0.15, 0.2) is 66.7 Å². The normalized spacial score (nSPS) is 12.1. The van der Waals surface area contributed by atoms with Gasteiger partial charge in [0.25, 0.3) is 0 Å². The van der Waals surface area contributed by atoms with Gasteiger partial charge in [0.15, 0.2) is 0 Å². The molecule has 3 rings (SSSR count). The van der Waals surface area contributed by atoms with Crippen molar-refractivity contribution in [1.29, 1.82) is 0 Å². The number of aliphatic hydroxyl groups is 1. The van der Waals surface area contributed by atoms with Crippen molar-refractivity contribution >= 4 is 0 Å². The fraction of sp³-hybridized carbons (Fsp3) is 0.167. The van der Waals surface area contributed by atoms with Crippen LogP contribution in [-0.4, -0.2) is 14.9 Å². The first-order valence-electron chi connectivity index (χ1n) is 7.24. The van der Waals surface area contributed by atoms with Crippen molar-refractivity contribution in [2.24, 2.45) is 0 Å². The van der Waals surface area contributed by atoms with E-state index in [2.05, 4.69) is 5.10 Å². The van der Waals surface area contributed by atoms with E-state index < -0.39 is 6.10 Å². The average Bonchev–Trinajstić information content (AvgIpc) is 2.99. The van der Waals surface area contributed by atoms with E-state index in [1.807, 2.05) is 60.7 Å². The van der Waals surface area contributed by atoms with E-state index in [9.17, 15) is 5.11 Å². The highest BCUT2D eigenvalue weighted by Crippen LogP contribution is 2.23. The monoisotopic (exact) mass is 294 g/mol. The highest BCUT2D eigenvalue weighted by molar-refractivity contribution is 5.35. The Morgan fingerprint density at radius 1 is 1.05 bits per heavy atom. The van der Waals surface area contributed by atoms with Crippen LogP contribution in [0.4, 0.5) is 0 Å². The third-order valence-corrected chi connectivity index (χ3v) is 3.37. The number of aliphatic hydroxyl groups excluding tert-OH is 1. The Morgan fingerprint density at radius 2 is 1.68 bits per heavy atom. The Balaban J connectivity index is 1.84. The largest absolute Gasteiger partial charge is 0.472 e. The highest BCUT2D eigenvalue weighted by atomic mass is 16.5. The second kappa shape index (κ2) is 6.45. The molecule has 1 N–H and O–H groups in total. The molecule has 1 heterocycles. The Hall–Kier alpha value is -2.59. The van der Waals surface area contributed by atoms with Gasteiger partial charge in [-0.1, -0.05) is 48.5 Å². The van der Waals surface area contributed by atoms with Gasteiger partial charge in [-0.3, -0.25) is 0 Å². The SMILES string of the molecule is CC(O)c1cc(OCc2ccccc2)nn1-c1ccccc1. The quantitative estimate of drug-likeness (QED) is 0.783. The van der Waals surface area contributed by atoms with Crippen LogP contribution in [0.3, 0.4) is 0 Å². The van der Waals surface area contributed by atoms with Crippen molar-refractivity contribution in [1.82, 2.24) is 9.78 Å². The van der Waals surface area contributed by atoms with E-state index in [1.165, 1.54) is 0 Å². The minimum atomic E-state index is -0.623. The summed E-state index contributed by atoms with van der Waals surface area (Å²) < 4.78 is 7.46. The Labute approximate surface area is 129 Å². The zero-order valence-electron chi connectivity index (χ0n) is 12.4. The van der Waals surface area contributed by atoms with Crippen molar-refractivity contribution in [3.63, 3.8) is 0 Å². The van der Waals surface area contributed by atoms with Crippen LogP contribution in [0.25, 0.3) is 5.69 Å². The predicted molar refractivity (Wildman–Crippen MR) is 85.0 cm³/mol. The van der Waals surface area contributed by atoms with E-state index in [0.29, 0.717) is 18.2 Å². The second-order valence-corrected chi connectivity index (χ2v) is 5.11. The van der Waals surface area contributed by atoms with Gasteiger partial charge in [-0.15, -0.1) is 5.10 Å². The first-order valence-corrected chi connectivity index (χ1v) is 7.24. The minimum absolute atomic E-state index is 0.450. The molecule has 1 unspecified atom stereocenters. The van der Waals surface area contributed by atoms with Gasteiger partial charge >= 0.3 is 0 Å². The van der Waals surface area contributed by atoms with Gasteiger partial charge in [0.1, 0.15) is 6.61 Å². The van der Waals surface area contributed by atoms with Crippen LogP contribution < -0.4 is 4.74 Å². The summed E-state index contributed by atoms with van der Waals surface area (Å²) >= 11 is 0. The van der Waals surface area contributed by atoms with E-state index >= 15 is 0 Å². The number of nitrogens with zero attached hydrogens (tertiary/aromatic N) is 2. The summed E-state index contributed by atoms with van der Waals surface area (Å²) in [6, 6.07) is 21.4. The van der Waals surface area contributed by atoms with Crippen LogP contribution in [0.1, 0.15) is 24.3 Å². The molecular weight excluding hydrogens is 276 g/mol. The number of rotatable bonds is 5. The number of para-hydroxylation sites is 1. The molecule has 0 bridgehead atoms. The van der Waals surface area contributed by atoms with Crippen molar-refractivity contribution in [2.45, 2.75) is 19.6 Å². The summed E-state index contributed by atoms with van der Waals surface area (Å²) in [5.41, 5.74) is 2.68. The first-order chi connectivity index (χ1) is 10.7. The molecule has 1 aromatic heterocycles. The summed E-state index contributed by atoms with van der Waals surface area (Å²) in [5.74, 6) is 0.503. The number of aromatic nitrogens is 2. The smallest absolute Gasteiger partial charge is 0.233 e. The van der Waals surface area contributed by atoms with E-state index in [-0.39, 0.29) is 0 Å². The molecular formula is C18H18N2O2. The molecule has 3 aromatic rings. The molecule has 4 heteroatoms. The van der Waals surface area contributed by atoms with Crippen LogP contribution in [0, 0.1) is 0 Å². The Kier molecular flexibility index (Phi) is 4.21. The maximum absolute atomic E-state index is 9.95. The summed E-state index contributed by atoms with van der Waals surface area (Å²) in [5, 5.41) is 14.4. The number of hydrogen-bond donors (Lipinski definition) is 1. The Bertz CT molecular complexity index is 721. The lowest BCUT2D eigenvalue weighted by molar-refractivity contribution is 0.191. The molecule has 0 spiro atoms. The third-order valence-electron chi connectivity index (χ3n) is 3.37. The van der Waals surface area contributed by atoms with Crippen molar-refractivity contribution in [3.8, 4) is 11.6 Å². The van der Waals surface area contributed by atoms with E-state index in [0.717, 1.165) is 11.3 Å². The molecule has 0 aliphatic carbocycles. The molecule has 0 amide bonds. The number of hydrogen-bond acceptors (Lipinski definition) is 3. The molecule has 2 aromatic carbocycles. The van der Waals surface area contributed by atoms with E-state index in [4.69, 9.17) is 4.74 Å². The highest BCUT2D eigenvalue weighted by Gasteiger charge is 2.14. The topological polar surface area (TPSA) is 47.3 Å². The number of ether oxygens (including phenoxy) is 1. The summed E-state index contributed by atoms with van der Waals surface area (Å²) in [4.78, 5) is 0. The predicted octanol–water partition coefficient (Wildman–Crippen LogP) is 3.50. The fourth-order valence-corrected chi connectivity index (χ4v) is 2.25. The molecule has 4 nitrogen and oxygen atoms in total. The van der Waals surface area contributed by atoms with E-state index in [1.54, 1.807) is 17.7 Å². The fourth-order valence-electron chi connectivity index (χ4n) is 2.25. The molecule has 0 radical (unpaired) electrons. The van der Waals surface area contributed by atoms with Crippen LogP contribution in [-0.2, 0) is 6.61 Å². The number of benzene rings is 2. The third kappa shape index (κ3) is 3.18. The first kappa shape index (κ1) is 14.4. The second-order valence-electron chi connectivity index (χ2n) is 5.11. The van der Waals surface area contributed by atoms with Crippen LogP contribution in [0.5, 0.6) is 5.88 Å². The molecule has 0 aliphatic heterocycles. The van der Waals surface area contributed by atoms with Crippen molar-refractivity contribution in [2.75, 3.05) is 0 Å². The molecule has 112 valence electrons. The minimum Gasteiger partial charge on any atom is -0.472 e. The molecule has 1 atom stereocenters. The van der Waals surface area contributed by atoms with Gasteiger partial charge in [0.2, 0.25) is 5.88 Å². The van der Waals surface area contributed by atoms with Gasteiger partial charge in [0, 0.05) is 6.07 Å². The summed E-state index contributed by atoms with van der Waals surface area (Å²) in [6.07, 6.45) is -0.623. The van der Waals surface area contributed by atoms with Crippen LogP contribution >= 0.6 is 0 Å². The lowest BCUT2D eigenvalue weighted by Crippen LogP contribution is -2.04. The van der Waals surface area contributed by atoms with Crippen molar-refractivity contribution in [3.05, 3.63) is 78.0 Å². The van der Waals surface area contributed by atoms with Gasteiger partial charge in [-0.25, -0.2) is 4.68 Å². The van der Waals surface area contributed by atoms with Gasteiger partial charge in [0.05, 0.1) is 17.5 Å². The molecule has 0 aliphatic rings. The maximum Gasteiger partial charge on any atom is 0.233 e. The van der Waals surface area contributed by atoms with Gasteiger partial charge in [-0.2, -0.15) is 0 Å². The summed E-state index contributed by atoms with van der Waals surface area (Å²) in [7, 11) is 0. The zero-order chi connectivity index (χ0) is 15.4. The van der Waals surface area contributed by atoms with Crippen molar-refractivity contribution < 1.29 is 9.84 Å². The molecule has 0 fully saturated rings. The van der Waals surface area contributed by atoms with Gasteiger partial charge < -0.3 is 9.84 Å². The lowest BCUT2D eigenvalue weighted by Gasteiger charge is -2.08. The molecule has 0 saturated carbocycles. The summed E-state index contributed by atoms with van der Waals surface area (Å²) in [6.45, 7) is 2.17.